The van der Waals surface area contributed by atoms with E-state index in [2.05, 4.69) is 6.92 Å². The van der Waals surface area contributed by atoms with Crippen LogP contribution in [0.25, 0.3) is 0 Å². The first-order valence-corrected chi connectivity index (χ1v) is 11.4. The first-order valence-electron chi connectivity index (χ1n) is 11.4. The maximum absolute atomic E-state index is 13.5. The van der Waals surface area contributed by atoms with Gasteiger partial charge in [-0.25, -0.2) is 0 Å². The molecular weight excluding hydrogens is 422 g/mol. The highest BCUT2D eigenvalue weighted by Gasteiger charge is 2.34. The molecule has 178 valence electrons. The van der Waals surface area contributed by atoms with Crippen molar-refractivity contribution in [1.82, 2.24) is 4.90 Å². The summed E-state index contributed by atoms with van der Waals surface area (Å²) in [6.45, 7) is 5.76. The summed E-state index contributed by atoms with van der Waals surface area (Å²) in [5.41, 5.74) is 1.52. The lowest BCUT2D eigenvalue weighted by atomic mass is 9.90. The van der Waals surface area contributed by atoms with E-state index in [4.69, 9.17) is 23.7 Å². The summed E-state index contributed by atoms with van der Waals surface area (Å²) in [6.07, 6.45) is 2.01. The summed E-state index contributed by atoms with van der Waals surface area (Å²) < 4.78 is 28.2. The summed E-state index contributed by atoms with van der Waals surface area (Å²) in [6, 6.07) is 13.1. The summed E-state index contributed by atoms with van der Waals surface area (Å²) in [4.78, 5) is 15.4. The fraction of sp³-hybridized carbons (Fsp3) is 0.500. The number of hydrogen-bond donors (Lipinski definition) is 0. The van der Waals surface area contributed by atoms with Gasteiger partial charge in [0.25, 0.3) is 5.91 Å². The number of methoxy groups -OCH3 is 2. The highest BCUT2D eigenvalue weighted by molar-refractivity contribution is 5.97. The lowest BCUT2D eigenvalue weighted by molar-refractivity contribution is -0.120. The van der Waals surface area contributed by atoms with Crippen LogP contribution in [-0.4, -0.2) is 64.1 Å². The number of benzene rings is 2. The van der Waals surface area contributed by atoms with Gasteiger partial charge in [0.2, 0.25) is 0 Å². The van der Waals surface area contributed by atoms with E-state index in [1.807, 2.05) is 41.3 Å². The van der Waals surface area contributed by atoms with Gasteiger partial charge in [-0.15, -0.1) is 0 Å². The number of rotatable bonds is 10. The Hall–Kier alpha value is -2.77. The van der Waals surface area contributed by atoms with Gasteiger partial charge in [-0.05, 0) is 42.7 Å². The molecule has 2 aromatic rings. The minimum absolute atomic E-state index is 0.0205. The first-order chi connectivity index (χ1) is 16.0. The maximum Gasteiger partial charge on any atom is 0.258 e. The fourth-order valence-corrected chi connectivity index (χ4v) is 4.18. The minimum atomic E-state index is -0.0830. The maximum atomic E-state index is 13.5. The molecule has 33 heavy (non-hydrogen) atoms. The van der Waals surface area contributed by atoms with Crippen molar-refractivity contribution in [2.75, 3.05) is 47.2 Å². The number of hydrogen-bond acceptors (Lipinski definition) is 6. The number of ether oxygens (including phenoxy) is 5. The molecule has 0 spiro atoms. The highest BCUT2D eigenvalue weighted by Crippen LogP contribution is 2.33. The van der Waals surface area contributed by atoms with Crippen molar-refractivity contribution in [1.29, 1.82) is 0 Å². The predicted octanol–water partition coefficient (Wildman–Crippen LogP) is 3.94. The van der Waals surface area contributed by atoms with Crippen LogP contribution in [0, 0.1) is 5.41 Å². The van der Waals surface area contributed by atoms with Crippen LogP contribution in [0.15, 0.2) is 42.5 Å². The van der Waals surface area contributed by atoms with Crippen molar-refractivity contribution in [2.24, 2.45) is 5.41 Å². The van der Waals surface area contributed by atoms with Crippen molar-refractivity contribution in [3.63, 3.8) is 0 Å². The van der Waals surface area contributed by atoms with E-state index in [0.717, 1.165) is 25.0 Å². The Morgan fingerprint density at radius 1 is 1.09 bits per heavy atom. The summed E-state index contributed by atoms with van der Waals surface area (Å²) in [5.74, 6) is 1.82. The highest BCUT2D eigenvalue weighted by atomic mass is 16.5. The molecule has 4 rings (SSSR count). The molecule has 0 unspecified atom stereocenters. The van der Waals surface area contributed by atoms with Gasteiger partial charge >= 0.3 is 0 Å². The third-order valence-electron chi connectivity index (χ3n) is 6.15. The molecule has 2 saturated heterocycles. The fourth-order valence-electron chi connectivity index (χ4n) is 4.18. The number of carbonyl (C=O) groups is 1. The SMILES string of the molecule is COc1ccc(CN(C[C@@H]2CCCO2)C(=O)c2ccccc2OC)cc1OCC1(C)COC1. The minimum Gasteiger partial charge on any atom is -0.496 e. The quantitative estimate of drug-likeness (QED) is 0.541. The van der Waals surface area contributed by atoms with Crippen molar-refractivity contribution in [3.05, 3.63) is 53.6 Å². The van der Waals surface area contributed by atoms with Gasteiger partial charge in [0.15, 0.2) is 11.5 Å². The van der Waals surface area contributed by atoms with Gasteiger partial charge in [0.1, 0.15) is 5.75 Å². The van der Waals surface area contributed by atoms with Crippen LogP contribution in [0.3, 0.4) is 0 Å². The van der Waals surface area contributed by atoms with E-state index in [-0.39, 0.29) is 17.4 Å². The Kier molecular flexibility index (Phi) is 7.40. The lowest BCUT2D eigenvalue weighted by Crippen LogP contribution is -2.44. The Morgan fingerprint density at radius 2 is 1.88 bits per heavy atom. The number of para-hydroxylation sites is 1. The van der Waals surface area contributed by atoms with Gasteiger partial charge in [0.05, 0.1) is 45.7 Å². The molecule has 0 aliphatic carbocycles. The molecule has 2 aliphatic rings. The van der Waals surface area contributed by atoms with Gasteiger partial charge < -0.3 is 28.6 Å². The summed E-state index contributed by atoms with van der Waals surface area (Å²) in [7, 11) is 3.21. The normalized spacial score (nSPS) is 18.9. The van der Waals surface area contributed by atoms with E-state index in [1.54, 1.807) is 20.3 Å². The van der Waals surface area contributed by atoms with Crippen molar-refractivity contribution >= 4 is 5.91 Å². The van der Waals surface area contributed by atoms with Crippen molar-refractivity contribution in [2.45, 2.75) is 32.4 Å². The van der Waals surface area contributed by atoms with Crippen LogP contribution in [-0.2, 0) is 16.0 Å². The molecule has 7 heteroatoms. The largest absolute Gasteiger partial charge is 0.496 e. The average molecular weight is 456 g/mol. The Balaban J connectivity index is 1.55. The van der Waals surface area contributed by atoms with Crippen LogP contribution in [0.2, 0.25) is 0 Å². The lowest BCUT2D eigenvalue weighted by Gasteiger charge is -2.37. The third-order valence-corrected chi connectivity index (χ3v) is 6.15. The molecule has 1 amide bonds. The molecular formula is C26H33NO6. The topological polar surface area (TPSA) is 66.5 Å². The summed E-state index contributed by atoms with van der Waals surface area (Å²) in [5, 5.41) is 0. The second-order valence-corrected chi connectivity index (χ2v) is 9.10. The number of amides is 1. The molecule has 1 atom stereocenters. The van der Waals surface area contributed by atoms with Gasteiger partial charge in [0, 0.05) is 25.1 Å². The second kappa shape index (κ2) is 10.4. The van der Waals surface area contributed by atoms with E-state index in [9.17, 15) is 4.79 Å². The van der Waals surface area contributed by atoms with Gasteiger partial charge in [-0.1, -0.05) is 25.1 Å². The van der Waals surface area contributed by atoms with Crippen molar-refractivity contribution < 1.29 is 28.5 Å². The molecule has 0 aromatic heterocycles. The third kappa shape index (κ3) is 5.60. The molecule has 0 radical (unpaired) electrons. The smallest absolute Gasteiger partial charge is 0.258 e. The second-order valence-electron chi connectivity index (χ2n) is 9.10. The van der Waals surface area contributed by atoms with Crippen LogP contribution < -0.4 is 14.2 Å². The van der Waals surface area contributed by atoms with Crippen LogP contribution >= 0.6 is 0 Å². The Labute approximate surface area is 195 Å². The number of carbonyl (C=O) groups excluding carboxylic acids is 1. The van der Waals surface area contributed by atoms with Crippen LogP contribution in [0.1, 0.15) is 35.7 Å². The van der Waals surface area contributed by atoms with E-state index in [1.165, 1.54) is 0 Å². The molecule has 0 bridgehead atoms. The zero-order valence-electron chi connectivity index (χ0n) is 19.7. The first kappa shape index (κ1) is 23.4. The summed E-state index contributed by atoms with van der Waals surface area (Å²) >= 11 is 0. The zero-order chi connectivity index (χ0) is 23.3. The predicted molar refractivity (Wildman–Crippen MR) is 124 cm³/mol. The zero-order valence-corrected chi connectivity index (χ0v) is 19.7. The van der Waals surface area contributed by atoms with Crippen molar-refractivity contribution in [3.8, 4) is 17.2 Å². The molecule has 2 aromatic carbocycles. The van der Waals surface area contributed by atoms with Crippen LogP contribution in [0.4, 0.5) is 0 Å². The number of nitrogens with zero attached hydrogens (tertiary/aromatic N) is 1. The monoisotopic (exact) mass is 455 g/mol. The van der Waals surface area contributed by atoms with E-state index in [0.29, 0.717) is 55.7 Å². The molecule has 0 saturated carbocycles. The van der Waals surface area contributed by atoms with Gasteiger partial charge in [-0.3, -0.25) is 4.79 Å². The standard InChI is InChI=1S/C26H33NO6/c1-26(16-31-17-26)18-33-24-13-19(10-11-23(24)30-3)14-27(15-20-7-6-12-32-20)25(28)21-8-4-5-9-22(21)29-2/h4-5,8-11,13,20H,6-7,12,14-18H2,1-3H3/t20-/m0/s1. The van der Waals surface area contributed by atoms with Gasteiger partial charge in [-0.2, -0.15) is 0 Å². The molecule has 7 nitrogen and oxygen atoms in total. The Bertz CT molecular complexity index is 952. The molecule has 2 heterocycles. The van der Waals surface area contributed by atoms with Crippen LogP contribution in [0.5, 0.6) is 17.2 Å². The molecule has 2 aliphatic heterocycles. The van der Waals surface area contributed by atoms with E-state index >= 15 is 0 Å². The average Bonchev–Trinajstić information content (AvgIpc) is 3.34. The van der Waals surface area contributed by atoms with E-state index < -0.39 is 0 Å². The molecule has 0 N–H and O–H groups in total. The Morgan fingerprint density at radius 3 is 2.55 bits per heavy atom. The molecule has 2 fully saturated rings.